The van der Waals surface area contributed by atoms with Crippen molar-refractivity contribution in [2.75, 3.05) is 6.54 Å². The Hall–Kier alpha value is -1.89. The molecule has 144 valence electrons. The zero-order valence-corrected chi connectivity index (χ0v) is 17.3. The van der Waals surface area contributed by atoms with Crippen molar-refractivity contribution in [1.82, 2.24) is 14.3 Å². The fourth-order valence-electron chi connectivity index (χ4n) is 3.07. The molecule has 0 saturated heterocycles. The van der Waals surface area contributed by atoms with Gasteiger partial charge < -0.3 is 4.57 Å². The molecule has 0 radical (unpaired) electrons. The first-order chi connectivity index (χ1) is 12.8. The fraction of sp³-hybridized carbons (Fsp3) is 0.350. The van der Waals surface area contributed by atoms with E-state index < -0.39 is 10.0 Å². The average molecular weight is 406 g/mol. The zero-order valence-electron chi connectivity index (χ0n) is 15.7. The van der Waals surface area contributed by atoms with E-state index in [1.807, 2.05) is 19.1 Å². The predicted molar refractivity (Wildman–Crippen MR) is 110 cm³/mol. The Morgan fingerprint density at radius 1 is 1.26 bits per heavy atom. The molecule has 7 heteroatoms. The summed E-state index contributed by atoms with van der Waals surface area (Å²) in [5.74, 6) is 0.500. The number of benzene rings is 1. The molecule has 5 nitrogen and oxygen atoms in total. The molecule has 0 aliphatic rings. The van der Waals surface area contributed by atoms with Crippen molar-refractivity contribution in [2.45, 2.75) is 38.6 Å². The van der Waals surface area contributed by atoms with Gasteiger partial charge in [0.2, 0.25) is 10.0 Å². The SMILES string of the molecule is Cc1ccc(S(=O)(=O)NCCc2cn(CC(C)C)c3ncccc23)cc1Cl. The molecule has 0 atom stereocenters. The van der Waals surface area contributed by atoms with Gasteiger partial charge in [-0.05, 0) is 54.7 Å². The molecule has 0 saturated carbocycles. The van der Waals surface area contributed by atoms with Crippen LogP contribution in [-0.2, 0) is 23.0 Å². The summed E-state index contributed by atoms with van der Waals surface area (Å²) in [6.07, 6.45) is 4.45. The van der Waals surface area contributed by atoms with Gasteiger partial charge in [0.15, 0.2) is 0 Å². The third-order valence-electron chi connectivity index (χ3n) is 4.42. The highest BCUT2D eigenvalue weighted by Crippen LogP contribution is 2.22. The summed E-state index contributed by atoms with van der Waals surface area (Å²) in [6, 6.07) is 8.70. The van der Waals surface area contributed by atoms with Crippen molar-refractivity contribution < 1.29 is 8.42 Å². The number of hydrogen-bond donors (Lipinski definition) is 1. The highest BCUT2D eigenvalue weighted by atomic mass is 35.5. The van der Waals surface area contributed by atoms with Crippen molar-refractivity contribution in [3.63, 3.8) is 0 Å². The van der Waals surface area contributed by atoms with Gasteiger partial charge in [-0.15, -0.1) is 0 Å². The van der Waals surface area contributed by atoms with Crippen LogP contribution >= 0.6 is 11.6 Å². The number of rotatable bonds is 7. The summed E-state index contributed by atoms with van der Waals surface area (Å²) in [7, 11) is -3.59. The van der Waals surface area contributed by atoms with E-state index in [9.17, 15) is 8.42 Å². The molecule has 0 amide bonds. The lowest BCUT2D eigenvalue weighted by Crippen LogP contribution is -2.26. The van der Waals surface area contributed by atoms with Gasteiger partial charge in [-0.3, -0.25) is 0 Å². The molecule has 3 rings (SSSR count). The van der Waals surface area contributed by atoms with Crippen molar-refractivity contribution in [1.29, 1.82) is 0 Å². The van der Waals surface area contributed by atoms with E-state index in [4.69, 9.17) is 11.6 Å². The molecule has 0 spiro atoms. The lowest BCUT2D eigenvalue weighted by molar-refractivity contribution is 0.532. The maximum Gasteiger partial charge on any atom is 0.240 e. The molecular formula is C20H24ClN3O2S. The van der Waals surface area contributed by atoms with Crippen molar-refractivity contribution >= 4 is 32.7 Å². The minimum absolute atomic E-state index is 0.182. The topological polar surface area (TPSA) is 64.0 Å². The first kappa shape index (κ1) is 19.9. The lowest BCUT2D eigenvalue weighted by Gasteiger charge is -2.08. The van der Waals surface area contributed by atoms with Gasteiger partial charge in [0, 0.05) is 35.9 Å². The van der Waals surface area contributed by atoms with E-state index in [-0.39, 0.29) is 4.90 Å². The molecular weight excluding hydrogens is 382 g/mol. The quantitative estimate of drug-likeness (QED) is 0.641. The third-order valence-corrected chi connectivity index (χ3v) is 6.28. The molecule has 2 aromatic heterocycles. The molecule has 1 aromatic carbocycles. The van der Waals surface area contributed by atoms with Crippen LogP contribution in [0.25, 0.3) is 11.0 Å². The smallest absolute Gasteiger partial charge is 0.240 e. The Morgan fingerprint density at radius 2 is 2.04 bits per heavy atom. The zero-order chi connectivity index (χ0) is 19.6. The van der Waals surface area contributed by atoms with Crippen LogP contribution in [0.5, 0.6) is 0 Å². The number of pyridine rings is 1. The first-order valence-electron chi connectivity index (χ1n) is 8.96. The van der Waals surface area contributed by atoms with E-state index in [1.165, 1.54) is 6.07 Å². The summed E-state index contributed by atoms with van der Waals surface area (Å²) >= 11 is 6.06. The Balaban J connectivity index is 1.76. The molecule has 0 unspecified atom stereocenters. The monoisotopic (exact) mass is 405 g/mol. The number of hydrogen-bond acceptors (Lipinski definition) is 3. The summed E-state index contributed by atoms with van der Waals surface area (Å²) in [6.45, 7) is 7.35. The molecule has 1 N–H and O–H groups in total. The summed E-state index contributed by atoms with van der Waals surface area (Å²) in [5.41, 5.74) is 2.87. The van der Waals surface area contributed by atoms with Crippen molar-refractivity contribution in [3.8, 4) is 0 Å². The van der Waals surface area contributed by atoms with Crippen molar-refractivity contribution in [3.05, 3.63) is 58.9 Å². The minimum Gasteiger partial charge on any atom is -0.332 e. The van der Waals surface area contributed by atoms with E-state index in [0.29, 0.717) is 23.9 Å². The minimum atomic E-state index is -3.59. The first-order valence-corrected chi connectivity index (χ1v) is 10.8. The van der Waals surface area contributed by atoms with Crippen LogP contribution in [0.2, 0.25) is 5.02 Å². The number of nitrogens with zero attached hydrogens (tertiary/aromatic N) is 2. The maximum absolute atomic E-state index is 12.5. The maximum atomic E-state index is 12.5. The van der Waals surface area contributed by atoms with Crippen molar-refractivity contribution in [2.24, 2.45) is 5.92 Å². The molecule has 3 aromatic rings. The van der Waals surface area contributed by atoms with Gasteiger partial charge in [0.25, 0.3) is 0 Å². The van der Waals surface area contributed by atoms with E-state index in [0.717, 1.165) is 28.7 Å². The van der Waals surface area contributed by atoms with Crippen LogP contribution in [0.15, 0.2) is 47.6 Å². The van der Waals surface area contributed by atoms with Crippen LogP contribution in [0.3, 0.4) is 0 Å². The Bertz CT molecular complexity index is 1060. The number of aromatic nitrogens is 2. The van der Waals surface area contributed by atoms with Crippen LogP contribution in [0, 0.1) is 12.8 Å². The van der Waals surface area contributed by atoms with Gasteiger partial charge in [-0.1, -0.05) is 31.5 Å². The molecule has 0 aliphatic heterocycles. The summed E-state index contributed by atoms with van der Waals surface area (Å²) in [5, 5.41) is 1.51. The van der Waals surface area contributed by atoms with Gasteiger partial charge >= 0.3 is 0 Å². The second-order valence-electron chi connectivity index (χ2n) is 7.13. The largest absolute Gasteiger partial charge is 0.332 e. The number of fused-ring (bicyclic) bond motifs is 1. The Morgan fingerprint density at radius 3 is 2.74 bits per heavy atom. The summed E-state index contributed by atoms with van der Waals surface area (Å²) in [4.78, 5) is 4.67. The van der Waals surface area contributed by atoms with Crippen LogP contribution in [0.1, 0.15) is 25.0 Å². The average Bonchev–Trinajstić information content (AvgIpc) is 2.94. The molecule has 0 aliphatic carbocycles. The molecule has 0 fully saturated rings. The van der Waals surface area contributed by atoms with Crippen LogP contribution in [-0.4, -0.2) is 24.5 Å². The van der Waals surface area contributed by atoms with E-state index in [1.54, 1.807) is 18.3 Å². The molecule has 0 bridgehead atoms. The van der Waals surface area contributed by atoms with Gasteiger partial charge in [-0.2, -0.15) is 0 Å². The predicted octanol–water partition coefficient (Wildman–Crippen LogP) is 4.18. The number of nitrogens with one attached hydrogen (secondary N) is 1. The van der Waals surface area contributed by atoms with Crippen LogP contribution in [0.4, 0.5) is 0 Å². The van der Waals surface area contributed by atoms with Gasteiger partial charge in [-0.25, -0.2) is 18.1 Å². The number of halogens is 1. The third kappa shape index (κ3) is 4.51. The standard InChI is InChI=1S/C20H24ClN3O2S/c1-14(2)12-24-13-16(18-5-4-9-22-20(18)24)8-10-23-27(25,26)17-7-6-15(3)19(21)11-17/h4-7,9,11,13-14,23H,8,10,12H2,1-3H3. The fourth-order valence-corrected chi connectivity index (χ4v) is 4.37. The van der Waals surface area contributed by atoms with Gasteiger partial charge in [0.05, 0.1) is 4.90 Å². The number of aryl methyl sites for hydroxylation is 1. The normalized spacial score (nSPS) is 12.2. The van der Waals surface area contributed by atoms with E-state index in [2.05, 4.69) is 34.3 Å². The second-order valence-corrected chi connectivity index (χ2v) is 9.31. The van der Waals surface area contributed by atoms with Crippen LogP contribution < -0.4 is 4.72 Å². The van der Waals surface area contributed by atoms with Gasteiger partial charge in [0.1, 0.15) is 5.65 Å². The van der Waals surface area contributed by atoms with E-state index >= 15 is 0 Å². The Kier molecular flexibility index (Phi) is 5.89. The Labute approximate surface area is 165 Å². The second kappa shape index (κ2) is 8.00. The highest BCUT2D eigenvalue weighted by molar-refractivity contribution is 7.89. The number of sulfonamides is 1. The lowest BCUT2D eigenvalue weighted by atomic mass is 10.2. The summed E-state index contributed by atoms with van der Waals surface area (Å²) < 4.78 is 29.8. The highest BCUT2D eigenvalue weighted by Gasteiger charge is 2.16. The molecule has 27 heavy (non-hydrogen) atoms. The molecule has 2 heterocycles.